The van der Waals surface area contributed by atoms with Crippen LogP contribution in [0, 0.1) is 17.7 Å². The molecule has 1 aliphatic heterocycles. The third-order valence-corrected chi connectivity index (χ3v) is 9.59. The summed E-state index contributed by atoms with van der Waals surface area (Å²) in [4.78, 5) is 57.1. The fourth-order valence-corrected chi connectivity index (χ4v) is 6.16. The van der Waals surface area contributed by atoms with Crippen molar-refractivity contribution in [2.75, 3.05) is 45.7 Å². The number of aryl methyl sites for hydroxylation is 1. The molecule has 14 heteroatoms. The predicted octanol–water partition coefficient (Wildman–Crippen LogP) is 2.73. The maximum Gasteiger partial charge on any atom is 0.276 e. The summed E-state index contributed by atoms with van der Waals surface area (Å²) in [6, 6.07) is 2.44. The van der Waals surface area contributed by atoms with E-state index < -0.39 is 47.6 Å². The number of hydrogen-bond donors (Lipinski definition) is 3. The average molecular weight is 658 g/mol. The number of ether oxygens (including phenoxy) is 1. The molecular formula is C33H48FN7O6. The van der Waals surface area contributed by atoms with Crippen LogP contribution in [0.3, 0.4) is 0 Å². The van der Waals surface area contributed by atoms with Crippen molar-refractivity contribution in [3.05, 3.63) is 41.0 Å². The molecule has 1 aromatic carbocycles. The molecule has 47 heavy (non-hydrogen) atoms. The van der Waals surface area contributed by atoms with E-state index in [4.69, 9.17) is 9.37 Å². The molecule has 2 heterocycles. The van der Waals surface area contributed by atoms with Gasteiger partial charge in [0.05, 0.1) is 5.69 Å². The van der Waals surface area contributed by atoms with Crippen LogP contribution in [-0.2, 0) is 25.5 Å². The molecule has 2 fully saturated rings. The summed E-state index contributed by atoms with van der Waals surface area (Å²) in [6.45, 7) is 9.74. The number of hydrogen-bond acceptors (Lipinski definition) is 9. The second kappa shape index (κ2) is 16.3. The van der Waals surface area contributed by atoms with Crippen LogP contribution in [0.5, 0.6) is 0 Å². The monoisotopic (exact) mass is 657 g/mol. The topological polar surface area (TPSA) is 159 Å². The van der Waals surface area contributed by atoms with Crippen LogP contribution in [0.1, 0.15) is 81.0 Å². The molecule has 2 aromatic rings. The van der Waals surface area contributed by atoms with Crippen LogP contribution in [0.15, 0.2) is 22.8 Å². The van der Waals surface area contributed by atoms with Gasteiger partial charge in [0.1, 0.15) is 29.7 Å². The highest BCUT2D eigenvalue weighted by Crippen LogP contribution is 2.32. The number of likely N-dealkylation sites (N-methyl/N-ethyl adjacent to an activating group) is 1. The summed E-state index contributed by atoms with van der Waals surface area (Å²) in [5.41, 5.74) is 0.805. The van der Waals surface area contributed by atoms with Crippen molar-refractivity contribution in [2.24, 2.45) is 11.8 Å². The van der Waals surface area contributed by atoms with E-state index in [1.54, 1.807) is 24.8 Å². The molecule has 4 amide bonds. The molecule has 1 aromatic heterocycles. The molecule has 0 bridgehead atoms. The van der Waals surface area contributed by atoms with Crippen molar-refractivity contribution in [1.82, 2.24) is 30.7 Å². The number of nitrogens with one attached hydrogen (secondary N) is 3. The van der Waals surface area contributed by atoms with Crippen LogP contribution >= 0.6 is 0 Å². The van der Waals surface area contributed by atoms with Gasteiger partial charge in [0.2, 0.25) is 17.7 Å². The third kappa shape index (κ3) is 8.92. The molecule has 4 atom stereocenters. The first-order valence-electron chi connectivity index (χ1n) is 16.5. The fraction of sp³-hybridized carbons (Fsp3) is 0.636. The SMILES string of the molecule is CCc1nonc1C(=O)N[C@H](C(=O)Nc1ccc([C@H](C)[C@@H](NC(=O)[C@H](C)OC)C(=O)N2CCN(C)CC2)cc1F)C1CCC(C)CC1. The van der Waals surface area contributed by atoms with E-state index >= 15 is 4.39 Å². The lowest BCUT2D eigenvalue weighted by Crippen LogP contribution is -2.56. The first-order valence-corrected chi connectivity index (χ1v) is 16.5. The number of halogens is 1. The van der Waals surface area contributed by atoms with Gasteiger partial charge in [0.25, 0.3) is 5.91 Å². The highest BCUT2D eigenvalue weighted by molar-refractivity contribution is 6.01. The largest absolute Gasteiger partial charge is 0.372 e. The molecule has 1 saturated carbocycles. The van der Waals surface area contributed by atoms with E-state index in [1.165, 1.54) is 19.2 Å². The highest BCUT2D eigenvalue weighted by atomic mass is 19.1. The zero-order valence-electron chi connectivity index (χ0n) is 28.2. The molecule has 4 rings (SSSR count). The van der Waals surface area contributed by atoms with Crippen LogP contribution < -0.4 is 16.0 Å². The van der Waals surface area contributed by atoms with Crippen LogP contribution in [-0.4, -0.2) is 102 Å². The molecule has 1 saturated heterocycles. The molecule has 0 spiro atoms. The molecule has 2 aliphatic rings. The van der Waals surface area contributed by atoms with Crippen molar-refractivity contribution in [3.8, 4) is 0 Å². The molecule has 3 N–H and O–H groups in total. The lowest BCUT2D eigenvalue weighted by Gasteiger charge is -2.36. The Morgan fingerprint density at radius 1 is 1.02 bits per heavy atom. The van der Waals surface area contributed by atoms with Crippen LogP contribution in [0.2, 0.25) is 0 Å². The van der Waals surface area contributed by atoms with Crippen LogP contribution in [0.4, 0.5) is 10.1 Å². The molecule has 258 valence electrons. The van der Waals surface area contributed by atoms with Crippen LogP contribution in [0.25, 0.3) is 0 Å². The Kier molecular flexibility index (Phi) is 12.4. The number of methoxy groups -OCH3 is 1. The van der Waals surface area contributed by atoms with Gasteiger partial charge in [-0.25, -0.2) is 9.02 Å². The van der Waals surface area contributed by atoms with Crippen molar-refractivity contribution < 1.29 is 32.9 Å². The minimum Gasteiger partial charge on any atom is -0.372 e. The van der Waals surface area contributed by atoms with E-state index in [-0.39, 0.29) is 23.2 Å². The first kappa shape index (κ1) is 35.9. The van der Waals surface area contributed by atoms with E-state index in [0.29, 0.717) is 49.8 Å². The number of aromatic nitrogens is 2. The quantitative estimate of drug-likeness (QED) is 0.312. The standard InChI is InChI=1S/C33H48FN7O6/c1-7-25-29(39-47-38-25)32(44)37-28(22-10-8-19(2)9-11-22)31(43)35-26-13-12-23(18-24(26)34)20(3)27(36-30(42)21(4)46-6)33(45)41-16-14-40(5)15-17-41/h12-13,18-22,27-28H,7-11,14-17H2,1-6H3,(H,35,43)(H,36,42)(H,37,44)/t19?,20-,21-,22?,27+,28-/m0/s1. The molecule has 13 nitrogen and oxygen atoms in total. The van der Waals surface area contributed by atoms with E-state index in [2.05, 4.69) is 38.1 Å². The summed E-state index contributed by atoms with van der Waals surface area (Å²) >= 11 is 0. The van der Waals surface area contributed by atoms with Gasteiger partial charge in [-0.15, -0.1) is 0 Å². The van der Waals surface area contributed by atoms with Crippen molar-refractivity contribution in [1.29, 1.82) is 0 Å². The lowest BCUT2D eigenvalue weighted by molar-refractivity contribution is -0.140. The number of rotatable bonds is 12. The van der Waals surface area contributed by atoms with Gasteiger partial charge in [-0.1, -0.05) is 44.8 Å². The smallest absolute Gasteiger partial charge is 0.276 e. The summed E-state index contributed by atoms with van der Waals surface area (Å²) in [7, 11) is 3.39. The Balaban J connectivity index is 1.53. The Labute approximate surface area is 275 Å². The van der Waals surface area contributed by atoms with Crippen molar-refractivity contribution >= 4 is 29.3 Å². The summed E-state index contributed by atoms with van der Waals surface area (Å²) in [6.07, 6.45) is 2.92. The number of benzene rings is 1. The Bertz CT molecular complexity index is 1400. The van der Waals surface area contributed by atoms with Crippen molar-refractivity contribution in [2.45, 2.75) is 83.9 Å². The van der Waals surface area contributed by atoms with Gasteiger partial charge in [0, 0.05) is 39.2 Å². The number of carbonyl (C=O) groups is 4. The summed E-state index contributed by atoms with van der Waals surface area (Å²) < 4.78 is 25.6. The summed E-state index contributed by atoms with van der Waals surface area (Å²) in [5.74, 6) is -2.78. The number of carbonyl (C=O) groups excluding carboxylic acids is 4. The molecule has 0 radical (unpaired) electrons. The van der Waals surface area contributed by atoms with Gasteiger partial charge < -0.3 is 30.5 Å². The number of amides is 4. The van der Waals surface area contributed by atoms with Gasteiger partial charge in [-0.3, -0.25) is 19.2 Å². The number of nitrogens with zero attached hydrogens (tertiary/aromatic N) is 4. The maximum absolute atomic E-state index is 15.7. The lowest BCUT2D eigenvalue weighted by atomic mass is 9.79. The van der Waals surface area contributed by atoms with Gasteiger partial charge >= 0.3 is 0 Å². The molecular weight excluding hydrogens is 609 g/mol. The third-order valence-electron chi connectivity index (χ3n) is 9.59. The van der Waals surface area contributed by atoms with E-state index in [0.717, 1.165) is 25.7 Å². The first-order chi connectivity index (χ1) is 22.4. The number of anilines is 1. The second-order valence-corrected chi connectivity index (χ2v) is 12.9. The molecule has 1 aliphatic carbocycles. The Hall–Kier alpha value is -3.91. The summed E-state index contributed by atoms with van der Waals surface area (Å²) in [5, 5.41) is 15.8. The second-order valence-electron chi connectivity index (χ2n) is 12.9. The van der Waals surface area contributed by atoms with Gasteiger partial charge in [-0.2, -0.15) is 0 Å². The highest BCUT2D eigenvalue weighted by Gasteiger charge is 2.36. The minimum atomic E-state index is -0.962. The number of piperazine rings is 1. The zero-order chi connectivity index (χ0) is 34.2. The zero-order valence-corrected chi connectivity index (χ0v) is 28.2. The fourth-order valence-electron chi connectivity index (χ4n) is 6.16. The Morgan fingerprint density at radius 3 is 2.32 bits per heavy atom. The Morgan fingerprint density at radius 2 is 1.70 bits per heavy atom. The molecule has 0 unspecified atom stereocenters. The van der Waals surface area contributed by atoms with E-state index in [1.807, 2.05) is 14.0 Å². The normalized spacial score (nSPS) is 21.3. The van der Waals surface area contributed by atoms with Crippen molar-refractivity contribution in [3.63, 3.8) is 0 Å². The maximum atomic E-state index is 15.7. The average Bonchev–Trinajstić information content (AvgIpc) is 3.56. The minimum absolute atomic E-state index is 0.0201. The van der Waals surface area contributed by atoms with Gasteiger partial charge in [0.15, 0.2) is 5.69 Å². The van der Waals surface area contributed by atoms with Gasteiger partial charge in [-0.05, 0) is 67.9 Å². The van der Waals surface area contributed by atoms with E-state index in [9.17, 15) is 19.2 Å². The predicted molar refractivity (Wildman–Crippen MR) is 172 cm³/mol.